The van der Waals surface area contributed by atoms with E-state index < -0.39 is 5.95 Å². The normalized spacial score (nSPS) is 17.9. The molecule has 0 aliphatic carbocycles. The lowest BCUT2D eigenvalue weighted by Gasteiger charge is -2.35. The second-order valence-electron chi connectivity index (χ2n) is 7.59. The summed E-state index contributed by atoms with van der Waals surface area (Å²) >= 11 is 0. The lowest BCUT2D eigenvalue weighted by molar-refractivity contribution is 0.0985. The number of morpholine rings is 1. The van der Waals surface area contributed by atoms with Crippen LogP contribution in [0.25, 0.3) is 27.9 Å². The molecule has 9 heteroatoms. The second kappa shape index (κ2) is 7.92. The number of pyridine rings is 2. The zero-order valence-corrected chi connectivity index (χ0v) is 17.3. The molecule has 0 radical (unpaired) electrons. The van der Waals surface area contributed by atoms with E-state index in [1.807, 2.05) is 12.1 Å². The Morgan fingerprint density at radius 3 is 2.90 bits per heavy atom. The van der Waals surface area contributed by atoms with Crippen LogP contribution in [0.2, 0.25) is 0 Å². The fourth-order valence-corrected chi connectivity index (χ4v) is 3.95. The molecule has 3 aromatic heterocycles. The van der Waals surface area contributed by atoms with Gasteiger partial charge >= 0.3 is 0 Å². The first kappa shape index (κ1) is 20.1. The van der Waals surface area contributed by atoms with E-state index >= 15 is 0 Å². The molecule has 1 fully saturated rings. The highest BCUT2D eigenvalue weighted by atomic mass is 19.1. The summed E-state index contributed by atoms with van der Waals surface area (Å²) in [7, 11) is 1.72. The zero-order chi connectivity index (χ0) is 21.4. The second-order valence-corrected chi connectivity index (χ2v) is 7.59. The van der Waals surface area contributed by atoms with Gasteiger partial charge in [-0.3, -0.25) is 0 Å². The topological polar surface area (TPSA) is 109 Å². The minimum atomic E-state index is -0.580. The summed E-state index contributed by atoms with van der Waals surface area (Å²) in [5, 5.41) is 2.18. The largest absolute Gasteiger partial charge is 0.401 e. The van der Waals surface area contributed by atoms with Crippen molar-refractivity contribution in [3.05, 3.63) is 47.8 Å². The SMILES string of the molecule is C/C(N)=C(\c1cc(-c2c(F)ncc3[nH]ccc23)nc(N2CCOCC2C)c1)N(C)N. The number of aromatic amines is 1. The van der Waals surface area contributed by atoms with Crippen LogP contribution in [0.15, 0.2) is 36.3 Å². The molecule has 1 unspecified atom stereocenters. The first-order chi connectivity index (χ1) is 14.4. The van der Waals surface area contributed by atoms with Gasteiger partial charge in [0.05, 0.1) is 47.9 Å². The van der Waals surface area contributed by atoms with Gasteiger partial charge in [0.25, 0.3) is 0 Å². The summed E-state index contributed by atoms with van der Waals surface area (Å²) in [5.74, 6) is 6.20. The van der Waals surface area contributed by atoms with Crippen molar-refractivity contribution in [1.29, 1.82) is 0 Å². The van der Waals surface area contributed by atoms with Gasteiger partial charge in [0.15, 0.2) is 0 Å². The molecule has 4 rings (SSSR count). The molecular weight excluding hydrogens is 385 g/mol. The van der Waals surface area contributed by atoms with Crippen molar-refractivity contribution in [2.24, 2.45) is 11.6 Å². The van der Waals surface area contributed by atoms with Crippen molar-refractivity contribution < 1.29 is 9.13 Å². The number of nitrogens with two attached hydrogens (primary N) is 2. The van der Waals surface area contributed by atoms with E-state index in [0.717, 1.165) is 11.1 Å². The van der Waals surface area contributed by atoms with Gasteiger partial charge in [-0.15, -0.1) is 0 Å². The van der Waals surface area contributed by atoms with Crippen molar-refractivity contribution in [1.82, 2.24) is 20.0 Å². The van der Waals surface area contributed by atoms with E-state index in [-0.39, 0.29) is 6.04 Å². The van der Waals surface area contributed by atoms with Gasteiger partial charge in [0.2, 0.25) is 5.95 Å². The Hall–Kier alpha value is -3.17. The number of aromatic nitrogens is 3. The van der Waals surface area contributed by atoms with Crippen molar-refractivity contribution in [3.8, 4) is 11.3 Å². The molecule has 0 aromatic carbocycles. The number of hydrazine groups is 1. The maximum absolute atomic E-state index is 14.9. The summed E-state index contributed by atoms with van der Waals surface area (Å²) in [6, 6.07) is 5.68. The van der Waals surface area contributed by atoms with Gasteiger partial charge in [-0.2, -0.15) is 4.39 Å². The van der Waals surface area contributed by atoms with Crippen LogP contribution in [-0.4, -0.2) is 52.8 Å². The maximum Gasteiger partial charge on any atom is 0.223 e. The van der Waals surface area contributed by atoms with E-state index in [1.165, 1.54) is 11.2 Å². The molecular formula is C21H26FN7O. The van der Waals surface area contributed by atoms with Crippen molar-refractivity contribution >= 4 is 22.4 Å². The van der Waals surface area contributed by atoms with E-state index in [2.05, 4.69) is 21.8 Å². The number of halogens is 1. The number of anilines is 1. The van der Waals surface area contributed by atoms with Crippen molar-refractivity contribution in [3.63, 3.8) is 0 Å². The summed E-state index contributed by atoms with van der Waals surface area (Å²) < 4.78 is 20.5. The standard InChI is InChI=1S/C21H26FN7O/c1-12-11-30-7-6-29(12)18-9-14(20(13(2)23)28(3)24)8-16(27-18)19-15-4-5-25-17(15)10-26-21(19)22/h4-5,8-10,12,25H,6-7,11,23-24H2,1-3H3/b20-13-. The molecule has 30 heavy (non-hydrogen) atoms. The van der Waals surface area contributed by atoms with Gasteiger partial charge in [-0.1, -0.05) is 0 Å². The summed E-state index contributed by atoms with van der Waals surface area (Å²) in [6.45, 7) is 5.74. The fraction of sp³-hybridized carbons (Fsp3) is 0.333. The smallest absolute Gasteiger partial charge is 0.223 e. The lowest BCUT2D eigenvalue weighted by Crippen LogP contribution is -2.44. The van der Waals surface area contributed by atoms with Crippen LogP contribution in [0.3, 0.4) is 0 Å². The maximum atomic E-state index is 14.9. The summed E-state index contributed by atoms with van der Waals surface area (Å²) in [6.07, 6.45) is 3.24. The predicted molar refractivity (Wildman–Crippen MR) is 116 cm³/mol. The number of nitrogens with zero attached hydrogens (tertiary/aromatic N) is 4. The van der Waals surface area contributed by atoms with Crippen LogP contribution in [0.4, 0.5) is 10.2 Å². The predicted octanol–water partition coefficient (Wildman–Crippen LogP) is 2.44. The Balaban J connectivity index is 1.97. The average Bonchev–Trinajstić information content (AvgIpc) is 3.16. The fourth-order valence-electron chi connectivity index (χ4n) is 3.95. The zero-order valence-electron chi connectivity index (χ0n) is 17.3. The molecule has 1 atom stereocenters. The van der Waals surface area contributed by atoms with Crippen molar-refractivity contribution in [2.45, 2.75) is 19.9 Å². The number of rotatable bonds is 4. The molecule has 0 saturated carbocycles. The van der Waals surface area contributed by atoms with Gasteiger partial charge < -0.3 is 25.4 Å². The van der Waals surface area contributed by atoms with Crippen LogP contribution in [0, 0.1) is 5.95 Å². The quantitative estimate of drug-likeness (QED) is 0.344. The Morgan fingerprint density at radius 1 is 1.40 bits per heavy atom. The Bertz CT molecular complexity index is 1100. The molecule has 1 saturated heterocycles. The molecule has 5 N–H and O–H groups in total. The average molecular weight is 411 g/mol. The van der Waals surface area contributed by atoms with Crippen LogP contribution in [0.5, 0.6) is 0 Å². The van der Waals surface area contributed by atoms with Crippen LogP contribution in [0.1, 0.15) is 19.4 Å². The number of hydrogen-bond acceptors (Lipinski definition) is 7. The van der Waals surface area contributed by atoms with Crippen LogP contribution < -0.4 is 16.5 Å². The van der Waals surface area contributed by atoms with Gasteiger partial charge in [0, 0.05) is 36.4 Å². The number of nitrogens with one attached hydrogen (secondary N) is 1. The number of allylic oxidation sites excluding steroid dienone is 1. The molecule has 0 bridgehead atoms. The minimum Gasteiger partial charge on any atom is -0.401 e. The van der Waals surface area contributed by atoms with E-state index in [0.29, 0.717) is 53.6 Å². The van der Waals surface area contributed by atoms with E-state index in [1.54, 1.807) is 26.2 Å². The third-order valence-electron chi connectivity index (χ3n) is 5.29. The molecule has 1 aliphatic rings. The summed E-state index contributed by atoms with van der Waals surface area (Å²) in [4.78, 5) is 14.0. The monoisotopic (exact) mass is 411 g/mol. The van der Waals surface area contributed by atoms with Crippen LogP contribution >= 0.6 is 0 Å². The third-order valence-corrected chi connectivity index (χ3v) is 5.29. The number of hydrogen-bond donors (Lipinski definition) is 3. The first-order valence-electron chi connectivity index (χ1n) is 9.80. The molecule has 1 aliphatic heterocycles. The highest BCUT2D eigenvalue weighted by Gasteiger charge is 2.24. The number of fused-ring (bicyclic) bond motifs is 1. The van der Waals surface area contributed by atoms with E-state index in [9.17, 15) is 4.39 Å². The molecule has 158 valence electrons. The molecule has 3 aromatic rings. The summed E-state index contributed by atoms with van der Waals surface area (Å²) in [5.41, 5.74) is 9.63. The Labute approximate surface area is 174 Å². The Kier molecular flexibility index (Phi) is 5.31. The minimum absolute atomic E-state index is 0.127. The molecule has 0 spiro atoms. The number of ether oxygens (including phenoxy) is 1. The molecule has 8 nitrogen and oxygen atoms in total. The van der Waals surface area contributed by atoms with Gasteiger partial charge in [-0.05, 0) is 32.0 Å². The van der Waals surface area contributed by atoms with Gasteiger partial charge in [0.1, 0.15) is 5.82 Å². The number of H-pyrrole nitrogens is 1. The van der Waals surface area contributed by atoms with Crippen LogP contribution in [-0.2, 0) is 4.74 Å². The molecule has 0 amide bonds. The molecule has 4 heterocycles. The highest BCUT2D eigenvalue weighted by Crippen LogP contribution is 2.33. The highest BCUT2D eigenvalue weighted by molar-refractivity contribution is 5.94. The third kappa shape index (κ3) is 3.57. The Morgan fingerprint density at radius 2 is 2.20 bits per heavy atom. The van der Waals surface area contributed by atoms with Gasteiger partial charge in [-0.25, -0.2) is 15.8 Å². The first-order valence-corrected chi connectivity index (χ1v) is 9.80. The van der Waals surface area contributed by atoms with E-state index in [4.69, 9.17) is 21.3 Å². The lowest BCUT2D eigenvalue weighted by atomic mass is 10.0. The van der Waals surface area contributed by atoms with Crippen molar-refractivity contribution in [2.75, 3.05) is 31.7 Å².